The summed E-state index contributed by atoms with van der Waals surface area (Å²) in [7, 11) is 0. The summed E-state index contributed by atoms with van der Waals surface area (Å²) in [5, 5.41) is 9.50. The molecule has 2 N–H and O–H groups in total. The average Bonchev–Trinajstić information content (AvgIpc) is 3.01. The van der Waals surface area contributed by atoms with Gasteiger partial charge in [-0.15, -0.1) is 0 Å². The van der Waals surface area contributed by atoms with Crippen molar-refractivity contribution in [2.75, 3.05) is 13.1 Å². The maximum atomic E-state index is 12.0. The van der Waals surface area contributed by atoms with Crippen LogP contribution in [0.25, 0.3) is 0 Å². The Kier molecular flexibility index (Phi) is 4.45. The molecule has 0 spiro atoms. The van der Waals surface area contributed by atoms with Crippen LogP contribution in [0.15, 0.2) is 35.3 Å². The summed E-state index contributed by atoms with van der Waals surface area (Å²) in [5.74, 6) is -0.385. The molecule has 0 bridgehead atoms. The van der Waals surface area contributed by atoms with E-state index < -0.39 is 5.25 Å². The van der Waals surface area contributed by atoms with Crippen molar-refractivity contribution in [2.24, 2.45) is 4.99 Å². The highest BCUT2D eigenvalue weighted by Crippen LogP contribution is 2.39. The van der Waals surface area contributed by atoms with Gasteiger partial charge in [0.1, 0.15) is 5.25 Å². The number of carbonyl (C=O) groups excluding carboxylic acids is 1. The quantitative estimate of drug-likeness (QED) is 0.649. The van der Waals surface area contributed by atoms with Crippen molar-refractivity contribution in [1.82, 2.24) is 10.4 Å². The van der Waals surface area contributed by atoms with Crippen LogP contribution in [0.4, 0.5) is 0 Å². The second kappa shape index (κ2) is 6.49. The Bertz CT molecular complexity index is 529. The van der Waals surface area contributed by atoms with E-state index in [-0.39, 0.29) is 11.9 Å². The molecule has 3 rings (SSSR count). The lowest BCUT2D eigenvalue weighted by atomic mass is 10.0. The minimum Gasteiger partial charge on any atom is -0.351 e. The van der Waals surface area contributed by atoms with E-state index >= 15 is 0 Å². The summed E-state index contributed by atoms with van der Waals surface area (Å²) in [6.45, 7) is 2.00. The highest BCUT2D eigenvalue weighted by molar-refractivity contribution is 8.15. The van der Waals surface area contributed by atoms with Crippen LogP contribution < -0.4 is 5.48 Å². The number of carbonyl (C=O) groups is 1. The van der Waals surface area contributed by atoms with E-state index in [9.17, 15) is 4.79 Å². The minimum absolute atomic E-state index is 0.236. The first-order valence-corrected chi connectivity index (χ1v) is 8.16. The smallest absolute Gasteiger partial charge is 0.259 e. The van der Waals surface area contributed by atoms with Gasteiger partial charge >= 0.3 is 0 Å². The molecule has 1 aromatic rings. The van der Waals surface area contributed by atoms with Crippen molar-refractivity contribution >= 4 is 22.8 Å². The molecule has 0 radical (unpaired) electrons. The third kappa shape index (κ3) is 3.06. The summed E-state index contributed by atoms with van der Waals surface area (Å²) >= 11 is 1.46. The highest BCUT2D eigenvalue weighted by atomic mass is 32.2. The van der Waals surface area contributed by atoms with Crippen molar-refractivity contribution in [3.8, 4) is 0 Å². The van der Waals surface area contributed by atoms with Gasteiger partial charge in [0.05, 0.1) is 6.04 Å². The largest absolute Gasteiger partial charge is 0.351 e. The Labute approximate surface area is 128 Å². The maximum Gasteiger partial charge on any atom is 0.259 e. The molecule has 1 amide bonds. The molecular weight excluding hydrogens is 286 g/mol. The molecule has 2 heterocycles. The van der Waals surface area contributed by atoms with Crippen LogP contribution in [-0.2, 0) is 4.79 Å². The maximum absolute atomic E-state index is 12.0. The van der Waals surface area contributed by atoms with Crippen LogP contribution in [0.2, 0.25) is 0 Å². The predicted octanol–water partition coefficient (Wildman–Crippen LogP) is 2.19. The zero-order valence-corrected chi connectivity index (χ0v) is 12.6. The minimum atomic E-state index is -0.408. The molecular formula is C15H19N3O2S. The van der Waals surface area contributed by atoms with Crippen LogP contribution in [0.1, 0.15) is 30.9 Å². The zero-order valence-electron chi connectivity index (χ0n) is 11.7. The van der Waals surface area contributed by atoms with E-state index in [1.807, 2.05) is 30.3 Å². The molecule has 0 aliphatic carbocycles. The van der Waals surface area contributed by atoms with E-state index in [1.54, 1.807) is 5.48 Å². The number of amides is 1. The molecule has 0 aromatic heterocycles. The average molecular weight is 305 g/mol. The van der Waals surface area contributed by atoms with Gasteiger partial charge in [-0.05, 0) is 24.8 Å². The fourth-order valence-corrected chi connectivity index (χ4v) is 4.04. The van der Waals surface area contributed by atoms with Gasteiger partial charge in [-0.25, -0.2) is 5.48 Å². The lowest BCUT2D eigenvalue weighted by Gasteiger charge is -2.27. The number of hydrogen-bond acceptors (Lipinski definition) is 5. The number of likely N-dealkylation sites (tertiary alicyclic amines) is 1. The van der Waals surface area contributed by atoms with E-state index in [4.69, 9.17) is 10.2 Å². The number of hydrogen-bond donors (Lipinski definition) is 2. The van der Waals surface area contributed by atoms with Gasteiger partial charge in [0.25, 0.3) is 5.91 Å². The molecule has 2 aliphatic rings. The molecule has 2 atom stereocenters. The van der Waals surface area contributed by atoms with E-state index in [1.165, 1.54) is 31.0 Å². The number of piperidine rings is 1. The van der Waals surface area contributed by atoms with Crippen molar-refractivity contribution in [3.63, 3.8) is 0 Å². The van der Waals surface area contributed by atoms with Crippen molar-refractivity contribution in [2.45, 2.75) is 30.6 Å². The Morgan fingerprint density at radius 2 is 1.95 bits per heavy atom. The van der Waals surface area contributed by atoms with Crippen molar-refractivity contribution in [3.05, 3.63) is 35.9 Å². The van der Waals surface area contributed by atoms with Crippen LogP contribution in [0.3, 0.4) is 0 Å². The standard InChI is InChI=1S/C15H19N3O2S/c19-14(17-20)13-12(11-7-3-1-4-8-11)16-15(21-13)18-9-5-2-6-10-18/h1,3-4,7-8,12-13,20H,2,5-6,9-10H2,(H,17,19). The molecule has 0 saturated carbocycles. The predicted molar refractivity (Wildman–Crippen MR) is 83.4 cm³/mol. The fraction of sp³-hybridized carbons (Fsp3) is 0.467. The van der Waals surface area contributed by atoms with Crippen LogP contribution in [0.5, 0.6) is 0 Å². The van der Waals surface area contributed by atoms with Gasteiger partial charge < -0.3 is 4.90 Å². The zero-order chi connectivity index (χ0) is 14.7. The monoisotopic (exact) mass is 305 g/mol. The molecule has 112 valence electrons. The Hall–Kier alpha value is -1.53. The third-order valence-electron chi connectivity index (χ3n) is 3.90. The van der Waals surface area contributed by atoms with Gasteiger partial charge in [0, 0.05) is 13.1 Å². The number of thioether (sulfide) groups is 1. The Morgan fingerprint density at radius 1 is 1.24 bits per heavy atom. The number of rotatable bonds is 2. The number of nitrogens with zero attached hydrogens (tertiary/aromatic N) is 2. The molecule has 1 aromatic carbocycles. The molecule has 2 unspecified atom stereocenters. The summed E-state index contributed by atoms with van der Waals surface area (Å²) in [6.07, 6.45) is 3.61. The Morgan fingerprint density at radius 3 is 2.62 bits per heavy atom. The fourth-order valence-electron chi connectivity index (χ4n) is 2.80. The molecule has 5 nitrogen and oxygen atoms in total. The number of amidine groups is 1. The number of hydroxylamine groups is 1. The van der Waals surface area contributed by atoms with Gasteiger partial charge in [0.2, 0.25) is 0 Å². The first-order chi connectivity index (χ1) is 10.3. The topological polar surface area (TPSA) is 64.9 Å². The lowest BCUT2D eigenvalue weighted by molar-refractivity contribution is -0.128. The first-order valence-electron chi connectivity index (χ1n) is 7.28. The normalized spacial score (nSPS) is 25.6. The van der Waals surface area contributed by atoms with Gasteiger partial charge in [-0.2, -0.15) is 0 Å². The van der Waals surface area contributed by atoms with Crippen LogP contribution in [0, 0.1) is 0 Å². The van der Waals surface area contributed by atoms with Crippen molar-refractivity contribution < 1.29 is 10.0 Å². The van der Waals surface area contributed by atoms with Gasteiger partial charge in [-0.1, -0.05) is 42.1 Å². The number of aliphatic imine (C=N–C) groups is 1. The lowest BCUT2D eigenvalue weighted by Crippen LogP contribution is -2.35. The first kappa shape index (κ1) is 14.4. The second-order valence-electron chi connectivity index (χ2n) is 5.33. The van der Waals surface area contributed by atoms with Crippen LogP contribution >= 0.6 is 11.8 Å². The molecule has 21 heavy (non-hydrogen) atoms. The van der Waals surface area contributed by atoms with Gasteiger partial charge in [0.15, 0.2) is 5.17 Å². The molecule has 1 fully saturated rings. The molecule has 1 saturated heterocycles. The van der Waals surface area contributed by atoms with Crippen LogP contribution in [-0.4, -0.2) is 39.5 Å². The summed E-state index contributed by atoms with van der Waals surface area (Å²) in [6, 6.07) is 9.56. The summed E-state index contributed by atoms with van der Waals surface area (Å²) < 4.78 is 0. The van der Waals surface area contributed by atoms with E-state index in [2.05, 4.69) is 4.90 Å². The highest BCUT2D eigenvalue weighted by Gasteiger charge is 2.38. The van der Waals surface area contributed by atoms with E-state index in [0.717, 1.165) is 23.8 Å². The number of nitrogens with one attached hydrogen (secondary N) is 1. The molecule has 6 heteroatoms. The third-order valence-corrected chi connectivity index (χ3v) is 5.21. The second-order valence-corrected chi connectivity index (χ2v) is 6.44. The van der Waals surface area contributed by atoms with Crippen molar-refractivity contribution in [1.29, 1.82) is 0 Å². The molecule has 2 aliphatic heterocycles. The van der Waals surface area contributed by atoms with Gasteiger partial charge in [-0.3, -0.25) is 15.0 Å². The van der Waals surface area contributed by atoms with E-state index in [0.29, 0.717) is 0 Å². The SMILES string of the molecule is O=C(NO)C1SC(N2CCCCC2)=NC1c1ccccc1. The number of benzene rings is 1. The Balaban J connectivity index is 1.85. The summed E-state index contributed by atoms with van der Waals surface area (Å²) in [4.78, 5) is 19.0. The summed E-state index contributed by atoms with van der Waals surface area (Å²) in [5.41, 5.74) is 2.78.